The molecule has 120 valence electrons. The third kappa shape index (κ3) is 3.31. The molecule has 1 saturated heterocycles. The second-order valence-corrected chi connectivity index (χ2v) is 7.62. The highest BCUT2D eigenvalue weighted by Gasteiger charge is 2.23. The summed E-state index contributed by atoms with van der Waals surface area (Å²) in [5.74, 6) is 0. The van der Waals surface area contributed by atoms with E-state index in [1.807, 2.05) is 6.92 Å². The summed E-state index contributed by atoms with van der Waals surface area (Å²) in [6, 6.07) is 3.39. The van der Waals surface area contributed by atoms with Crippen molar-refractivity contribution >= 4 is 21.1 Å². The molecule has 0 saturated carbocycles. The summed E-state index contributed by atoms with van der Waals surface area (Å²) in [4.78, 5) is 9.63. The lowest BCUT2D eigenvalue weighted by Crippen LogP contribution is -2.43. The van der Waals surface area contributed by atoms with Crippen molar-refractivity contribution in [3.8, 4) is 0 Å². The number of aromatic amines is 1. The van der Waals surface area contributed by atoms with E-state index in [1.54, 1.807) is 18.3 Å². The summed E-state index contributed by atoms with van der Waals surface area (Å²) >= 11 is 0. The van der Waals surface area contributed by atoms with Crippen LogP contribution in [-0.2, 0) is 10.0 Å². The van der Waals surface area contributed by atoms with Crippen LogP contribution in [0.3, 0.4) is 0 Å². The summed E-state index contributed by atoms with van der Waals surface area (Å²) in [6.07, 6.45) is 6.83. The first kappa shape index (κ1) is 15.5. The number of aromatic nitrogens is 2. The SMILES string of the molecule is CC(CN1CCCCC1)NS(=O)(=O)c1c[nH]c2ncccc12. The number of pyridine rings is 1. The lowest BCUT2D eigenvalue weighted by Gasteiger charge is -2.29. The zero-order valence-electron chi connectivity index (χ0n) is 12.7. The van der Waals surface area contributed by atoms with Gasteiger partial charge in [-0.15, -0.1) is 0 Å². The summed E-state index contributed by atoms with van der Waals surface area (Å²) in [5, 5.41) is 0.625. The summed E-state index contributed by atoms with van der Waals surface area (Å²) in [5.41, 5.74) is 0.589. The maximum absolute atomic E-state index is 12.6. The van der Waals surface area contributed by atoms with E-state index in [0.717, 1.165) is 19.6 Å². The van der Waals surface area contributed by atoms with Gasteiger partial charge in [-0.1, -0.05) is 6.42 Å². The molecule has 0 bridgehead atoms. The Morgan fingerprint density at radius 1 is 1.36 bits per heavy atom. The predicted molar refractivity (Wildman–Crippen MR) is 86.2 cm³/mol. The van der Waals surface area contributed by atoms with E-state index in [1.165, 1.54) is 25.5 Å². The molecule has 1 unspecified atom stereocenters. The lowest BCUT2D eigenvalue weighted by molar-refractivity contribution is 0.215. The second kappa shape index (κ2) is 6.36. The van der Waals surface area contributed by atoms with Crippen molar-refractivity contribution in [1.29, 1.82) is 0 Å². The first-order valence-corrected chi connectivity index (χ1v) is 9.21. The topological polar surface area (TPSA) is 78.1 Å². The van der Waals surface area contributed by atoms with Crippen LogP contribution >= 0.6 is 0 Å². The van der Waals surface area contributed by atoms with Crippen molar-refractivity contribution in [2.75, 3.05) is 19.6 Å². The van der Waals surface area contributed by atoms with Gasteiger partial charge in [0.05, 0.1) is 0 Å². The molecule has 22 heavy (non-hydrogen) atoms. The summed E-state index contributed by atoms with van der Waals surface area (Å²) in [6.45, 7) is 4.78. The molecular formula is C15H22N4O2S. The summed E-state index contributed by atoms with van der Waals surface area (Å²) in [7, 11) is -3.54. The maximum Gasteiger partial charge on any atom is 0.243 e. The number of hydrogen-bond acceptors (Lipinski definition) is 4. The summed E-state index contributed by atoms with van der Waals surface area (Å²) < 4.78 is 27.9. The van der Waals surface area contributed by atoms with Gasteiger partial charge in [0, 0.05) is 30.4 Å². The smallest absolute Gasteiger partial charge is 0.243 e. The van der Waals surface area contributed by atoms with Crippen LogP contribution in [0.5, 0.6) is 0 Å². The lowest BCUT2D eigenvalue weighted by atomic mass is 10.1. The highest BCUT2D eigenvalue weighted by Crippen LogP contribution is 2.21. The Morgan fingerprint density at radius 3 is 2.91 bits per heavy atom. The molecule has 0 radical (unpaired) electrons. The van der Waals surface area contributed by atoms with E-state index < -0.39 is 10.0 Å². The molecule has 1 atom stereocenters. The van der Waals surface area contributed by atoms with E-state index in [9.17, 15) is 8.42 Å². The number of nitrogens with zero attached hydrogens (tertiary/aromatic N) is 2. The molecule has 1 aliphatic rings. The molecule has 2 aromatic heterocycles. The monoisotopic (exact) mass is 322 g/mol. The van der Waals surface area contributed by atoms with Crippen molar-refractivity contribution in [2.24, 2.45) is 0 Å². The van der Waals surface area contributed by atoms with Crippen LogP contribution in [0.25, 0.3) is 11.0 Å². The molecule has 1 fully saturated rings. The number of H-pyrrole nitrogens is 1. The van der Waals surface area contributed by atoms with Crippen molar-refractivity contribution in [1.82, 2.24) is 19.6 Å². The Balaban J connectivity index is 1.72. The van der Waals surface area contributed by atoms with Gasteiger partial charge in [-0.2, -0.15) is 0 Å². The number of sulfonamides is 1. The Bertz CT molecular complexity index is 735. The fourth-order valence-corrected chi connectivity index (χ4v) is 4.45. The zero-order valence-corrected chi connectivity index (χ0v) is 13.6. The Morgan fingerprint density at radius 2 is 2.14 bits per heavy atom. The van der Waals surface area contributed by atoms with Crippen molar-refractivity contribution in [3.63, 3.8) is 0 Å². The average molecular weight is 322 g/mol. The first-order valence-electron chi connectivity index (χ1n) is 7.73. The van der Waals surface area contributed by atoms with Crippen LogP contribution in [0, 0.1) is 0 Å². The van der Waals surface area contributed by atoms with Gasteiger partial charge < -0.3 is 9.88 Å². The molecule has 2 aromatic rings. The molecule has 3 heterocycles. The molecule has 0 aliphatic carbocycles. The fourth-order valence-electron chi connectivity index (χ4n) is 3.05. The molecule has 7 heteroatoms. The third-order valence-electron chi connectivity index (χ3n) is 4.04. The number of hydrogen-bond donors (Lipinski definition) is 2. The van der Waals surface area contributed by atoms with Crippen LogP contribution in [0.2, 0.25) is 0 Å². The zero-order chi connectivity index (χ0) is 15.6. The maximum atomic E-state index is 12.6. The number of nitrogens with one attached hydrogen (secondary N) is 2. The molecule has 3 rings (SSSR count). The molecule has 2 N–H and O–H groups in total. The van der Waals surface area contributed by atoms with Gasteiger partial charge in [0.15, 0.2) is 0 Å². The van der Waals surface area contributed by atoms with Crippen LogP contribution in [-0.4, -0.2) is 49.0 Å². The standard InChI is InChI=1S/C15H22N4O2S/c1-12(11-19-8-3-2-4-9-19)18-22(20,21)14-10-17-15-13(14)6-5-7-16-15/h5-7,10,12,18H,2-4,8-9,11H2,1H3,(H,16,17). The minimum absolute atomic E-state index is 0.121. The quantitative estimate of drug-likeness (QED) is 0.878. The second-order valence-electron chi connectivity index (χ2n) is 5.94. The molecule has 1 aliphatic heterocycles. The van der Waals surface area contributed by atoms with E-state index in [2.05, 4.69) is 19.6 Å². The van der Waals surface area contributed by atoms with Gasteiger partial charge in [0.25, 0.3) is 0 Å². The van der Waals surface area contributed by atoms with Gasteiger partial charge in [-0.3, -0.25) is 0 Å². The van der Waals surface area contributed by atoms with E-state index in [0.29, 0.717) is 11.0 Å². The molecular weight excluding hydrogens is 300 g/mol. The van der Waals surface area contributed by atoms with Gasteiger partial charge in [0.1, 0.15) is 10.5 Å². The van der Waals surface area contributed by atoms with Crippen LogP contribution in [0.4, 0.5) is 0 Å². The van der Waals surface area contributed by atoms with Crippen LogP contribution in [0.1, 0.15) is 26.2 Å². The Labute approximate surface area is 131 Å². The molecule has 0 amide bonds. The Hall–Kier alpha value is -1.44. The largest absolute Gasteiger partial charge is 0.345 e. The highest BCUT2D eigenvalue weighted by atomic mass is 32.2. The predicted octanol–water partition coefficient (Wildman–Crippen LogP) is 1.72. The molecule has 0 aromatic carbocycles. The minimum Gasteiger partial charge on any atom is -0.345 e. The van der Waals surface area contributed by atoms with Crippen LogP contribution in [0.15, 0.2) is 29.4 Å². The van der Waals surface area contributed by atoms with Crippen molar-refractivity contribution < 1.29 is 8.42 Å². The van der Waals surface area contributed by atoms with E-state index >= 15 is 0 Å². The number of likely N-dealkylation sites (tertiary alicyclic amines) is 1. The van der Waals surface area contributed by atoms with Gasteiger partial charge in [-0.25, -0.2) is 18.1 Å². The van der Waals surface area contributed by atoms with Gasteiger partial charge in [0.2, 0.25) is 10.0 Å². The average Bonchev–Trinajstić information content (AvgIpc) is 2.92. The van der Waals surface area contributed by atoms with Crippen molar-refractivity contribution in [2.45, 2.75) is 37.1 Å². The van der Waals surface area contributed by atoms with Crippen molar-refractivity contribution in [3.05, 3.63) is 24.5 Å². The number of rotatable bonds is 5. The number of fused-ring (bicyclic) bond motifs is 1. The third-order valence-corrected chi connectivity index (χ3v) is 5.67. The normalized spacial score (nSPS) is 18.6. The van der Waals surface area contributed by atoms with Crippen LogP contribution < -0.4 is 4.72 Å². The first-order chi connectivity index (χ1) is 10.6. The fraction of sp³-hybridized carbons (Fsp3) is 0.533. The van der Waals surface area contributed by atoms with E-state index in [-0.39, 0.29) is 10.9 Å². The number of piperidine rings is 1. The Kier molecular flexibility index (Phi) is 4.46. The van der Waals surface area contributed by atoms with Gasteiger partial charge >= 0.3 is 0 Å². The molecule has 6 nitrogen and oxygen atoms in total. The highest BCUT2D eigenvalue weighted by molar-refractivity contribution is 7.89. The van der Waals surface area contributed by atoms with Gasteiger partial charge in [-0.05, 0) is 45.0 Å². The van der Waals surface area contributed by atoms with E-state index in [4.69, 9.17) is 0 Å². The minimum atomic E-state index is -3.54. The molecule has 0 spiro atoms.